The highest BCUT2D eigenvalue weighted by molar-refractivity contribution is 5.91. The van der Waals surface area contributed by atoms with E-state index in [0.717, 1.165) is 49.0 Å². The van der Waals surface area contributed by atoms with Crippen molar-refractivity contribution in [2.45, 2.75) is 52.9 Å². The molecule has 1 aliphatic rings. The van der Waals surface area contributed by atoms with Gasteiger partial charge in [-0.25, -0.2) is 9.97 Å². The summed E-state index contributed by atoms with van der Waals surface area (Å²) in [6, 6.07) is 0. The number of carbonyl (C=O) groups is 1. The molecule has 0 bridgehead atoms. The minimum absolute atomic E-state index is 0.0515. The molecule has 110 valence electrons. The normalized spacial score (nSPS) is 14.7. The Morgan fingerprint density at radius 3 is 2.35 bits per heavy atom. The SMILES string of the molecule is CCCCC(=O)Nc1c(C)nc(N2CCCC2)nc1C. The maximum Gasteiger partial charge on any atom is 0.225 e. The van der Waals surface area contributed by atoms with Crippen molar-refractivity contribution in [2.24, 2.45) is 0 Å². The summed E-state index contributed by atoms with van der Waals surface area (Å²) in [4.78, 5) is 23.1. The van der Waals surface area contributed by atoms with E-state index in [9.17, 15) is 4.79 Å². The summed E-state index contributed by atoms with van der Waals surface area (Å²) in [6.45, 7) is 8.01. The molecule has 1 aromatic rings. The van der Waals surface area contributed by atoms with Crippen LogP contribution in [0.1, 0.15) is 50.4 Å². The van der Waals surface area contributed by atoms with Gasteiger partial charge in [-0.3, -0.25) is 4.79 Å². The molecular weight excluding hydrogens is 252 g/mol. The lowest BCUT2D eigenvalue weighted by Gasteiger charge is -2.18. The van der Waals surface area contributed by atoms with E-state index in [0.29, 0.717) is 6.42 Å². The third-order valence-electron chi connectivity index (χ3n) is 3.67. The van der Waals surface area contributed by atoms with E-state index in [-0.39, 0.29) is 5.91 Å². The average molecular weight is 276 g/mol. The first-order valence-electron chi connectivity index (χ1n) is 7.52. The number of unbranched alkanes of at least 4 members (excludes halogenated alkanes) is 1. The van der Waals surface area contributed by atoms with Crippen molar-refractivity contribution in [3.63, 3.8) is 0 Å². The lowest BCUT2D eigenvalue weighted by Crippen LogP contribution is -2.22. The van der Waals surface area contributed by atoms with Crippen LogP contribution in [0, 0.1) is 13.8 Å². The Hall–Kier alpha value is -1.65. The van der Waals surface area contributed by atoms with Crippen LogP contribution in [0.3, 0.4) is 0 Å². The maximum atomic E-state index is 11.8. The number of carbonyl (C=O) groups excluding carboxylic acids is 1. The minimum atomic E-state index is 0.0515. The van der Waals surface area contributed by atoms with E-state index in [1.807, 2.05) is 13.8 Å². The Morgan fingerprint density at radius 1 is 1.20 bits per heavy atom. The van der Waals surface area contributed by atoms with Crippen molar-refractivity contribution in [1.82, 2.24) is 9.97 Å². The van der Waals surface area contributed by atoms with Crippen LogP contribution in [0.15, 0.2) is 0 Å². The van der Waals surface area contributed by atoms with E-state index in [4.69, 9.17) is 0 Å². The van der Waals surface area contributed by atoms with Gasteiger partial charge in [0.1, 0.15) is 0 Å². The zero-order valence-corrected chi connectivity index (χ0v) is 12.7. The predicted octanol–water partition coefficient (Wildman–Crippen LogP) is 2.82. The maximum absolute atomic E-state index is 11.8. The number of aromatic nitrogens is 2. The summed E-state index contributed by atoms with van der Waals surface area (Å²) in [7, 11) is 0. The molecule has 2 heterocycles. The first-order chi connectivity index (χ1) is 9.61. The Bertz CT molecular complexity index is 458. The van der Waals surface area contributed by atoms with Gasteiger partial charge in [-0.1, -0.05) is 13.3 Å². The Labute approximate surface area is 120 Å². The van der Waals surface area contributed by atoms with Gasteiger partial charge < -0.3 is 10.2 Å². The largest absolute Gasteiger partial charge is 0.341 e. The zero-order valence-electron chi connectivity index (χ0n) is 12.7. The van der Waals surface area contributed by atoms with Gasteiger partial charge in [0.2, 0.25) is 11.9 Å². The molecule has 0 radical (unpaired) electrons. The second-order valence-electron chi connectivity index (χ2n) is 5.42. The minimum Gasteiger partial charge on any atom is -0.341 e. The van der Waals surface area contributed by atoms with Gasteiger partial charge in [0.25, 0.3) is 0 Å². The molecule has 20 heavy (non-hydrogen) atoms. The van der Waals surface area contributed by atoms with Crippen LogP contribution in [0.4, 0.5) is 11.6 Å². The van der Waals surface area contributed by atoms with Crippen LogP contribution < -0.4 is 10.2 Å². The van der Waals surface area contributed by atoms with Crippen molar-refractivity contribution in [3.8, 4) is 0 Å². The molecule has 1 saturated heterocycles. The Balaban J connectivity index is 2.12. The molecule has 2 rings (SSSR count). The molecule has 0 spiro atoms. The van der Waals surface area contributed by atoms with E-state index >= 15 is 0 Å². The van der Waals surface area contributed by atoms with Gasteiger partial charge in [-0.2, -0.15) is 0 Å². The number of anilines is 2. The van der Waals surface area contributed by atoms with Gasteiger partial charge >= 0.3 is 0 Å². The molecule has 0 aromatic carbocycles. The molecular formula is C15H24N4O. The number of hydrogen-bond acceptors (Lipinski definition) is 4. The molecule has 0 atom stereocenters. The van der Waals surface area contributed by atoms with Crippen molar-refractivity contribution in [2.75, 3.05) is 23.3 Å². The molecule has 0 unspecified atom stereocenters. The molecule has 0 aliphatic carbocycles. The zero-order chi connectivity index (χ0) is 14.5. The summed E-state index contributed by atoms with van der Waals surface area (Å²) >= 11 is 0. The van der Waals surface area contributed by atoms with Gasteiger partial charge in [0.15, 0.2) is 0 Å². The quantitative estimate of drug-likeness (QED) is 0.898. The van der Waals surface area contributed by atoms with Crippen molar-refractivity contribution in [1.29, 1.82) is 0 Å². The number of nitrogens with zero attached hydrogens (tertiary/aromatic N) is 3. The van der Waals surface area contributed by atoms with Crippen LogP contribution in [0.25, 0.3) is 0 Å². The highest BCUT2D eigenvalue weighted by atomic mass is 16.1. The lowest BCUT2D eigenvalue weighted by atomic mass is 10.2. The molecule has 5 heteroatoms. The number of nitrogens with one attached hydrogen (secondary N) is 1. The fourth-order valence-corrected chi connectivity index (χ4v) is 2.48. The van der Waals surface area contributed by atoms with Gasteiger partial charge in [-0.15, -0.1) is 0 Å². The summed E-state index contributed by atoms with van der Waals surface area (Å²) < 4.78 is 0. The average Bonchev–Trinajstić information content (AvgIpc) is 2.94. The number of hydrogen-bond donors (Lipinski definition) is 1. The Kier molecular flexibility index (Phi) is 4.93. The summed E-state index contributed by atoms with van der Waals surface area (Å²) in [5, 5.41) is 2.95. The van der Waals surface area contributed by atoms with Crippen molar-refractivity contribution >= 4 is 17.5 Å². The van der Waals surface area contributed by atoms with Crippen LogP contribution in [0.2, 0.25) is 0 Å². The highest BCUT2D eigenvalue weighted by Gasteiger charge is 2.18. The standard InChI is InChI=1S/C15H24N4O/c1-4-5-8-13(20)18-14-11(2)16-15(17-12(14)3)19-9-6-7-10-19/h4-10H2,1-3H3,(H,18,20). The van der Waals surface area contributed by atoms with Crippen molar-refractivity contribution < 1.29 is 4.79 Å². The van der Waals surface area contributed by atoms with Gasteiger partial charge in [0.05, 0.1) is 17.1 Å². The smallest absolute Gasteiger partial charge is 0.225 e. The van der Waals surface area contributed by atoms with Crippen LogP contribution in [-0.4, -0.2) is 29.0 Å². The van der Waals surface area contributed by atoms with Gasteiger partial charge in [0, 0.05) is 19.5 Å². The number of rotatable bonds is 5. The number of amides is 1. The molecule has 1 N–H and O–H groups in total. The van der Waals surface area contributed by atoms with E-state index < -0.39 is 0 Å². The lowest BCUT2D eigenvalue weighted by molar-refractivity contribution is -0.116. The van der Waals surface area contributed by atoms with Crippen LogP contribution in [-0.2, 0) is 4.79 Å². The first-order valence-corrected chi connectivity index (χ1v) is 7.52. The van der Waals surface area contributed by atoms with Crippen molar-refractivity contribution in [3.05, 3.63) is 11.4 Å². The molecule has 0 saturated carbocycles. The third-order valence-corrected chi connectivity index (χ3v) is 3.67. The topological polar surface area (TPSA) is 58.1 Å². The summed E-state index contributed by atoms with van der Waals surface area (Å²) in [6.07, 6.45) is 4.91. The van der Waals surface area contributed by atoms with E-state index in [1.54, 1.807) is 0 Å². The highest BCUT2D eigenvalue weighted by Crippen LogP contribution is 2.23. The fraction of sp³-hybridized carbons (Fsp3) is 0.667. The summed E-state index contributed by atoms with van der Waals surface area (Å²) in [5.41, 5.74) is 2.47. The molecule has 1 aromatic heterocycles. The molecule has 1 aliphatic heterocycles. The van der Waals surface area contributed by atoms with Crippen LogP contribution >= 0.6 is 0 Å². The molecule has 1 amide bonds. The Morgan fingerprint density at radius 2 is 1.80 bits per heavy atom. The second-order valence-corrected chi connectivity index (χ2v) is 5.42. The van der Waals surface area contributed by atoms with Crippen LogP contribution in [0.5, 0.6) is 0 Å². The fourth-order valence-electron chi connectivity index (χ4n) is 2.48. The third kappa shape index (κ3) is 3.46. The first kappa shape index (κ1) is 14.8. The monoisotopic (exact) mass is 276 g/mol. The second kappa shape index (κ2) is 6.68. The molecule has 1 fully saturated rings. The predicted molar refractivity (Wildman–Crippen MR) is 81.1 cm³/mol. The molecule has 5 nitrogen and oxygen atoms in total. The summed E-state index contributed by atoms with van der Waals surface area (Å²) in [5.74, 6) is 0.847. The van der Waals surface area contributed by atoms with E-state index in [2.05, 4.69) is 27.1 Å². The van der Waals surface area contributed by atoms with E-state index in [1.165, 1.54) is 12.8 Å². The van der Waals surface area contributed by atoms with Gasteiger partial charge in [-0.05, 0) is 33.1 Å². The number of aryl methyl sites for hydroxylation is 2.